The van der Waals surface area contributed by atoms with E-state index in [4.69, 9.17) is 20.3 Å². The fourth-order valence-electron chi connectivity index (χ4n) is 2.66. The van der Waals surface area contributed by atoms with Crippen LogP contribution in [0.1, 0.15) is 32.3 Å². The van der Waals surface area contributed by atoms with Crippen molar-refractivity contribution in [2.24, 2.45) is 11.7 Å². The van der Waals surface area contributed by atoms with Gasteiger partial charge in [-0.3, -0.25) is 14.4 Å². The van der Waals surface area contributed by atoms with E-state index in [2.05, 4.69) is 90.4 Å². The normalized spacial score (nSPS) is 11.9. The molecule has 0 fully saturated rings. The van der Waals surface area contributed by atoms with Crippen LogP contribution in [-0.2, 0) is 20.8 Å². The summed E-state index contributed by atoms with van der Waals surface area (Å²) in [4.78, 5) is 35.0. The third-order valence-corrected chi connectivity index (χ3v) is 7.66. The maximum atomic E-state index is 12.2. The van der Waals surface area contributed by atoms with Crippen LogP contribution >= 0.6 is 90.4 Å². The van der Waals surface area contributed by atoms with E-state index >= 15 is 0 Å². The first kappa shape index (κ1) is 29.0. The highest BCUT2D eigenvalue weighted by Gasteiger charge is 2.19. The lowest BCUT2D eigenvalue weighted by Crippen LogP contribution is -2.32. The number of rotatable bonds is 10. The van der Waals surface area contributed by atoms with Gasteiger partial charge in [-0.25, -0.2) is 0 Å². The third-order valence-electron chi connectivity index (χ3n) is 4.46. The van der Waals surface area contributed by atoms with Gasteiger partial charge in [0.2, 0.25) is 0 Å². The summed E-state index contributed by atoms with van der Waals surface area (Å²) < 4.78 is 14.7. The van der Waals surface area contributed by atoms with E-state index in [1.165, 1.54) is 0 Å². The average molecular weight is 903 g/mol. The van der Waals surface area contributed by atoms with Crippen LogP contribution in [0.2, 0.25) is 0 Å². The van der Waals surface area contributed by atoms with E-state index in [1.54, 1.807) is 26.0 Å². The second kappa shape index (κ2) is 13.2. The highest BCUT2D eigenvalue weighted by molar-refractivity contribution is 14.1. The summed E-state index contributed by atoms with van der Waals surface area (Å²) in [5.74, 6) is 0.0811. The molecular weight excluding hydrogens is 882 g/mol. The molecule has 0 unspecified atom stereocenters. The Morgan fingerprint density at radius 2 is 1.42 bits per heavy atom. The summed E-state index contributed by atoms with van der Waals surface area (Å²) in [6.45, 7) is 3.61. The number of ketones is 1. The molecule has 0 aliphatic heterocycles. The van der Waals surface area contributed by atoms with E-state index in [0.29, 0.717) is 24.4 Å². The van der Waals surface area contributed by atoms with Gasteiger partial charge in [0, 0.05) is 12.3 Å². The third kappa shape index (κ3) is 8.71. The predicted octanol–water partition coefficient (Wildman–Crippen LogP) is 5.76. The van der Waals surface area contributed by atoms with Crippen molar-refractivity contribution < 1.29 is 29.0 Å². The Morgan fingerprint density at radius 1 is 0.909 bits per heavy atom. The van der Waals surface area contributed by atoms with Crippen LogP contribution in [0.15, 0.2) is 24.3 Å². The zero-order chi connectivity index (χ0) is 24.9. The zero-order valence-corrected chi connectivity index (χ0v) is 26.3. The topological polar surface area (TPSA) is 116 Å². The van der Waals surface area contributed by atoms with Crippen LogP contribution in [0.3, 0.4) is 0 Å². The molecule has 0 aliphatic carbocycles. The number of carboxylic acids is 1. The van der Waals surface area contributed by atoms with Gasteiger partial charge in [0.15, 0.2) is 11.5 Å². The average Bonchev–Trinajstić information content (AvgIpc) is 2.71. The molecule has 0 heterocycles. The van der Waals surface area contributed by atoms with E-state index < -0.39 is 18.0 Å². The number of esters is 1. The van der Waals surface area contributed by atoms with Crippen molar-refractivity contribution in [3.63, 3.8) is 0 Å². The zero-order valence-electron chi connectivity index (χ0n) is 17.7. The molecule has 3 N–H and O–H groups in total. The molecule has 0 aromatic heterocycles. The maximum Gasteiger partial charge on any atom is 0.320 e. The molecule has 0 amide bonds. The second-order valence-corrected chi connectivity index (χ2v) is 12.1. The number of hydrogen-bond acceptors (Lipinski definition) is 6. The lowest BCUT2D eigenvalue weighted by atomic mass is 10.1. The van der Waals surface area contributed by atoms with Gasteiger partial charge in [-0.1, -0.05) is 13.8 Å². The molecule has 0 bridgehead atoms. The first-order chi connectivity index (χ1) is 15.4. The first-order valence-corrected chi connectivity index (χ1v) is 14.1. The van der Waals surface area contributed by atoms with E-state index in [9.17, 15) is 14.4 Å². The molecule has 0 spiro atoms. The summed E-state index contributed by atoms with van der Waals surface area (Å²) in [6, 6.07) is 6.28. The summed E-state index contributed by atoms with van der Waals surface area (Å²) in [5.41, 5.74) is 6.46. The van der Waals surface area contributed by atoms with Gasteiger partial charge in [0.05, 0.1) is 20.7 Å². The number of hydrogen-bond donors (Lipinski definition) is 2. The van der Waals surface area contributed by atoms with Gasteiger partial charge in [0.1, 0.15) is 17.6 Å². The van der Waals surface area contributed by atoms with E-state index in [1.807, 2.05) is 12.1 Å². The van der Waals surface area contributed by atoms with Crippen molar-refractivity contribution >= 4 is 108 Å². The van der Waals surface area contributed by atoms with Gasteiger partial charge in [-0.2, -0.15) is 0 Å². The minimum absolute atomic E-state index is 0.0280. The van der Waals surface area contributed by atoms with E-state index in [-0.39, 0.29) is 31.0 Å². The molecule has 11 heteroatoms. The number of carbonyl (C=O) groups is 3. The number of carbonyl (C=O) groups excluding carboxylic acids is 2. The highest BCUT2D eigenvalue weighted by Crippen LogP contribution is 2.37. The monoisotopic (exact) mass is 903 g/mol. The van der Waals surface area contributed by atoms with Gasteiger partial charge in [-0.05, 0) is 127 Å². The van der Waals surface area contributed by atoms with Crippen LogP contribution in [-0.4, -0.2) is 28.9 Å². The summed E-state index contributed by atoms with van der Waals surface area (Å²) >= 11 is 8.45. The fraction of sp³-hybridized carbons (Fsp3) is 0.318. The number of Topliss-reactive ketones (excluding diaryl/α,β-unsaturated/α-hetero) is 1. The summed E-state index contributed by atoms with van der Waals surface area (Å²) in [7, 11) is 0. The van der Waals surface area contributed by atoms with Crippen LogP contribution in [0, 0.1) is 20.2 Å². The number of carboxylic acid groups (broad SMARTS) is 1. The Balaban J connectivity index is 2.16. The lowest BCUT2D eigenvalue weighted by Gasteiger charge is -2.15. The molecule has 0 radical (unpaired) electrons. The Kier molecular flexibility index (Phi) is 11.5. The van der Waals surface area contributed by atoms with Gasteiger partial charge in [-0.15, -0.1) is 0 Å². The Bertz CT molecular complexity index is 1030. The molecule has 178 valence electrons. The molecule has 0 saturated carbocycles. The van der Waals surface area contributed by atoms with Crippen LogP contribution in [0.5, 0.6) is 17.2 Å². The minimum Gasteiger partial charge on any atom is -0.480 e. The molecule has 0 saturated heterocycles. The largest absolute Gasteiger partial charge is 0.480 e. The number of halogens is 4. The van der Waals surface area contributed by atoms with Crippen molar-refractivity contribution in [2.45, 2.75) is 39.2 Å². The molecule has 2 aromatic rings. The Hall–Kier alpha value is -0.270. The minimum atomic E-state index is -1.04. The number of benzene rings is 2. The van der Waals surface area contributed by atoms with Gasteiger partial charge in [0.25, 0.3) is 0 Å². The molecular formula is C22H21I4NO6. The highest BCUT2D eigenvalue weighted by atomic mass is 127. The van der Waals surface area contributed by atoms with E-state index in [0.717, 1.165) is 12.7 Å². The smallest absolute Gasteiger partial charge is 0.320 e. The molecule has 2 aromatic carbocycles. The van der Waals surface area contributed by atoms with Crippen LogP contribution < -0.4 is 15.2 Å². The number of ether oxygens (including phenoxy) is 2. The molecule has 33 heavy (non-hydrogen) atoms. The fourth-order valence-corrected chi connectivity index (χ4v) is 6.71. The summed E-state index contributed by atoms with van der Waals surface area (Å²) in [5, 5.41) is 9.04. The lowest BCUT2D eigenvalue weighted by molar-refractivity contribution is -0.138. The number of aliphatic carboxylic acids is 1. The van der Waals surface area contributed by atoms with Gasteiger partial charge < -0.3 is 20.3 Å². The SMILES string of the molecule is CC(C)C(=O)CCC(=O)Oc1c(I)cc(Oc2c(I)cc(C[C@H](N)C(=O)O)cc2I)cc1I. The quantitative estimate of drug-likeness (QED) is 0.177. The molecule has 0 aliphatic rings. The number of nitrogens with two attached hydrogens (primary N) is 1. The second-order valence-electron chi connectivity index (χ2n) is 7.45. The van der Waals surface area contributed by atoms with Crippen molar-refractivity contribution in [2.75, 3.05) is 0 Å². The Labute approximate surface area is 246 Å². The Morgan fingerprint density at radius 3 is 1.91 bits per heavy atom. The van der Waals surface area contributed by atoms with Crippen molar-refractivity contribution in [3.8, 4) is 17.2 Å². The van der Waals surface area contributed by atoms with Crippen molar-refractivity contribution in [1.82, 2.24) is 0 Å². The molecule has 7 nitrogen and oxygen atoms in total. The summed E-state index contributed by atoms with van der Waals surface area (Å²) in [6.07, 6.45) is 0.422. The molecule has 2 rings (SSSR count). The standard InChI is InChI=1S/C22H21I4NO6/c1-10(2)18(28)3-4-19(29)33-21-15(25)8-12(9-16(21)26)32-20-13(23)5-11(6-14(20)24)7-17(27)22(30)31/h5-6,8-10,17H,3-4,7,27H2,1-2H3,(H,30,31)/t17-/m0/s1. The van der Waals surface area contributed by atoms with Crippen molar-refractivity contribution in [1.29, 1.82) is 0 Å². The van der Waals surface area contributed by atoms with Gasteiger partial charge >= 0.3 is 11.9 Å². The predicted molar refractivity (Wildman–Crippen MR) is 158 cm³/mol. The van der Waals surface area contributed by atoms with Crippen LogP contribution in [0.25, 0.3) is 0 Å². The molecule has 1 atom stereocenters. The maximum absolute atomic E-state index is 12.2. The van der Waals surface area contributed by atoms with Crippen molar-refractivity contribution in [3.05, 3.63) is 44.1 Å². The first-order valence-electron chi connectivity index (χ1n) is 9.75. The van der Waals surface area contributed by atoms with Crippen LogP contribution in [0.4, 0.5) is 0 Å².